The Kier molecular flexibility index (Phi) is 10.6. The van der Waals surface area contributed by atoms with Gasteiger partial charge in [0.1, 0.15) is 0 Å². The van der Waals surface area contributed by atoms with Gasteiger partial charge in [-0.05, 0) is 0 Å². The smallest absolute Gasteiger partial charge is 1.00 e. The second-order valence-corrected chi connectivity index (χ2v) is 20.5. The molecule has 0 saturated carbocycles. The number of aryl methyl sites for hydroxylation is 1. The molecule has 4 aromatic rings. The van der Waals surface area contributed by atoms with Crippen LogP contribution in [0.25, 0.3) is 16.7 Å². The van der Waals surface area contributed by atoms with E-state index >= 15 is 0 Å². The van der Waals surface area contributed by atoms with Gasteiger partial charge in [0.15, 0.2) is 0 Å². The molecule has 6 rings (SSSR count). The Balaban J connectivity index is 0.00000230. The van der Waals surface area contributed by atoms with Crippen molar-refractivity contribution >= 4 is 9.28 Å². The number of allylic oxidation sites excluding steroid dienone is 4. The third-order valence-corrected chi connectivity index (χ3v) is 17.7. The fourth-order valence-corrected chi connectivity index (χ4v) is 15.7. The first kappa shape index (κ1) is 35.5. The maximum Gasteiger partial charge on any atom is -1.00 e. The zero-order chi connectivity index (χ0) is 30.7. The van der Waals surface area contributed by atoms with E-state index in [2.05, 4.69) is 163 Å². The summed E-state index contributed by atoms with van der Waals surface area (Å²) in [7, 11) is 0. The minimum atomic E-state index is -2.57. The molecule has 232 valence electrons. The number of rotatable bonds is 4. The standard InChI is InChI=1S/C21H25.C13H13.C8H8.2ClH.Zr/c1-20(2,3)16-9-7-14-11-15-8-10-17(21(4,5)6)13-19(15)18(14)12-16;1-10-8-11(2)13(9-10)12-6-4-3-5-7-12;1-7-3-5-8(2)6-4-7;;;/h7-13H,1-6H3;3-7,9-10H,1-2H3;1,3-6H,2H3;2*1H;/q;;;;;+2/p-2. The SMILES string of the molecule is CC1=[C](/[Zr+2](=[CH]/c2ccc(C)cc2)[CH]2c3ccc(C(C)(C)C)cc3-c3cc(C(C)(C)C)ccc32)C(C)C=C1c1ccccc1.[Cl-].[Cl-]. The maximum atomic E-state index is 2.76. The molecular weight excluding hydrogens is 667 g/mol. The molecule has 3 heteroatoms. The van der Waals surface area contributed by atoms with Gasteiger partial charge in [0, 0.05) is 0 Å². The van der Waals surface area contributed by atoms with E-state index in [0.717, 1.165) is 0 Å². The van der Waals surface area contributed by atoms with Crippen LogP contribution in [-0.4, -0.2) is 3.71 Å². The van der Waals surface area contributed by atoms with Crippen molar-refractivity contribution in [1.29, 1.82) is 0 Å². The average Bonchev–Trinajstić information content (AvgIpc) is 3.45. The van der Waals surface area contributed by atoms with Gasteiger partial charge in [-0.3, -0.25) is 0 Å². The van der Waals surface area contributed by atoms with Crippen molar-refractivity contribution < 1.29 is 46.1 Å². The third kappa shape index (κ3) is 6.88. The van der Waals surface area contributed by atoms with E-state index in [1.54, 1.807) is 14.4 Å². The minimum Gasteiger partial charge on any atom is -1.00 e. The van der Waals surface area contributed by atoms with Gasteiger partial charge in [-0.1, -0.05) is 0 Å². The number of fused-ring (bicyclic) bond motifs is 3. The van der Waals surface area contributed by atoms with Gasteiger partial charge in [0.2, 0.25) is 0 Å². The van der Waals surface area contributed by atoms with Gasteiger partial charge in [-0.25, -0.2) is 0 Å². The summed E-state index contributed by atoms with van der Waals surface area (Å²) in [5.74, 6) is 0.446. The van der Waals surface area contributed by atoms with E-state index in [-0.39, 0.29) is 35.6 Å². The fourth-order valence-electron chi connectivity index (χ4n) is 7.03. The molecule has 45 heavy (non-hydrogen) atoms. The van der Waals surface area contributed by atoms with Crippen molar-refractivity contribution in [2.24, 2.45) is 5.92 Å². The van der Waals surface area contributed by atoms with Crippen LogP contribution in [0.1, 0.15) is 98.0 Å². The average molecular weight is 713 g/mol. The Morgan fingerprint density at radius 2 is 1.16 bits per heavy atom. The van der Waals surface area contributed by atoms with E-state index in [9.17, 15) is 0 Å². The van der Waals surface area contributed by atoms with E-state index in [0.29, 0.717) is 9.54 Å². The largest absolute Gasteiger partial charge is 1.00 e. The van der Waals surface area contributed by atoms with Crippen molar-refractivity contribution in [3.63, 3.8) is 0 Å². The van der Waals surface area contributed by atoms with E-state index in [4.69, 9.17) is 0 Å². The van der Waals surface area contributed by atoms with E-state index in [1.165, 1.54) is 50.1 Å². The molecule has 2 aliphatic rings. The predicted octanol–water partition coefficient (Wildman–Crippen LogP) is 5.14. The molecule has 2 aliphatic carbocycles. The normalized spacial score (nSPS) is 16.1. The van der Waals surface area contributed by atoms with Crippen LogP contribution in [0.4, 0.5) is 0 Å². The molecule has 0 spiro atoms. The zero-order valence-corrected chi connectivity index (χ0v) is 32.2. The Labute approximate surface area is 292 Å². The second kappa shape index (κ2) is 13.4. The monoisotopic (exact) mass is 710 g/mol. The number of hydrogen-bond acceptors (Lipinski definition) is 0. The number of halogens is 2. The van der Waals surface area contributed by atoms with E-state index < -0.39 is 21.3 Å². The summed E-state index contributed by atoms with van der Waals surface area (Å²) in [6.45, 7) is 21.1. The van der Waals surface area contributed by atoms with Crippen molar-refractivity contribution in [2.75, 3.05) is 0 Å². The summed E-state index contributed by atoms with van der Waals surface area (Å²) < 4.78 is 4.95. The summed E-state index contributed by atoms with van der Waals surface area (Å²) in [4.78, 5) is 0. The van der Waals surface area contributed by atoms with Crippen LogP contribution in [0, 0.1) is 12.8 Å². The summed E-state index contributed by atoms with van der Waals surface area (Å²) in [5, 5.41) is 0. The van der Waals surface area contributed by atoms with Crippen molar-refractivity contribution in [1.82, 2.24) is 0 Å². The molecule has 0 heterocycles. The van der Waals surface area contributed by atoms with Crippen molar-refractivity contribution in [3.8, 4) is 11.1 Å². The molecule has 0 bridgehead atoms. The first-order chi connectivity index (χ1) is 20.3. The zero-order valence-electron chi connectivity index (χ0n) is 28.2. The Hall–Kier alpha value is -2.31. The maximum absolute atomic E-state index is 2.76. The molecule has 0 saturated heterocycles. The summed E-state index contributed by atoms with van der Waals surface area (Å²) in [5.41, 5.74) is 16.1. The molecule has 0 amide bonds. The van der Waals surface area contributed by atoms with Crippen LogP contribution in [0.2, 0.25) is 0 Å². The molecule has 0 nitrogen and oxygen atoms in total. The minimum absolute atomic E-state index is 0. The first-order valence-corrected chi connectivity index (χ1v) is 20.0. The Morgan fingerprint density at radius 1 is 0.644 bits per heavy atom. The van der Waals surface area contributed by atoms with Crippen molar-refractivity contribution in [3.05, 3.63) is 145 Å². The Morgan fingerprint density at radius 3 is 1.64 bits per heavy atom. The summed E-state index contributed by atoms with van der Waals surface area (Å²) >= 11 is -2.57. The molecule has 1 atom stereocenters. The van der Waals surface area contributed by atoms with Gasteiger partial charge in [-0.2, -0.15) is 0 Å². The van der Waals surface area contributed by atoms with Crippen LogP contribution in [-0.2, 0) is 32.1 Å². The van der Waals surface area contributed by atoms with Crippen molar-refractivity contribution in [2.45, 2.75) is 76.8 Å². The quantitative estimate of drug-likeness (QED) is 0.275. The van der Waals surface area contributed by atoms with Crippen LogP contribution in [0.3, 0.4) is 0 Å². The van der Waals surface area contributed by atoms with Crippen LogP contribution in [0.5, 0.6) is 0 Å². The molecule has 0 fully saturated rings. The molecule has 1 unspecified atom stereocenters. The summed E-state index contributed by atoms with van der Waals surface area (Å²) in [6, 6.07) is 35.2. The van der Waals surface area contributed by atoms with Gasteiger partial charge in [0.05, 0.1) is 0 Å². The van der Waals surface area contributed by atoms with Crippen LogP contribution < -0.4 is 24.8 Å². The van der Waals surface area contributed by atoms with Crippen LogP contribution in [0.15, 0.2) is 106 Å². The van der Waals surface area contributed by atoms with Gasteiger partial charge in [0.25, 0.3) is 0 Å². The molecule has 0 aliphatic heterocycles. The molecular formula is C42H46Cl2Zr. The Bertz CT molecular complexity index is 1730. The van der Waals surface area contributed by atoms with Gasteiger partial charge < -0.3 is 24.8 Å². The summed E-state index contributed by atoms with van der Waals surface area (Å²) in [6.07, 6.45) is 2.55. The molecule has 4 aromatic carbocycles. The third-order valence-electron chi connectivity index (χ3n) is 9.54. The second-order valence-electron chi connectivity index (χ2n) is 14.8. The van der Waals surface area contributed by atoms with E-state index in [1.807, 2.05) is 0 Å². The number of benzene rings is 4. The molecule has 0 radical (unpaired) electrons. The molecule has 0 aromatic heterocycles. The fraction of sp³-hybridized carbons (Fsp3) is 0.310. The van der Waals surface area contributed by atoms with Crippen LogP contribution >= 0.6 is 0 Å². The number of hydrogen-bond donors (Lipinski definition) is 0. The first-order valence-electron chi connectivity index (χ1n) is 15.9. The predicted molar refractivity (Wildman–Crippen MR) is 184 cm³/mol. The van der Waals surface area contributed by atoms with Gasteiger partial charge >= 0.3 is 269 Å². The molecule has 0 N–H and O–H groups in total. The van der Waals surface area contributed by atoms with Gasteiger partial charge in [-0.15, -0.1) is 0 Å². The topological polar surface area (TPSA) is 0 Å².